The lowest BCUT2D eigenvalue weighted by molar-refractivity contribution is 0.192. The van der Waals surface area contributed by atoms with Crippen LogP contribution >= 0.6 is 0 Å². The molecular weight excluding hydrogens is 256 g/mol. The molecule has 0 rings (SSSR count). The van der Waals surface area contributed by atoms with E-state index in [2.05, 4.69) is 65.8 Å². The molecule has 0 amide bonds. The third-order valence-electron chi connectivity index (χ3n) is 3.28. The van der Waals surface area contributed by atoms with Crippen LogP contribution in [-0.4, -0.2) is 13.2 Å². The van der Waals surface area contributed by atoms with Crippen molar-refractivity contribution in [1.29, 1.82) is 0 Å². The smallest absolute Gasteiger partial charge is 0.0654 e. The molecule has 0 aromatic carbocycles. The summed E-state index contributed by atoms with van der Waals surface area (Å²) in [5, 5.41) is 0. The van der Waals surface area contributed by atoms with Gasteiger partial charge in [-0.25, -0.2) is 0 Å². The van der Waals surface area contributed by atoms with E-state index in [-0.39, 0.29) is 0 Å². The molecule has 0 aromatic rings. The highest BCUT2D eigenvalue weighted by atomic mass is 16.5. The van der Waals surface area contributed by atoms with Crippen LogP contribution in [0.1, 0.15) is 67.2 Å². The van der Waals surface area contributed by atoms with Crippen molar-refractivity contribution in [3.63, 3.8) is 0 Å². The summed E-state index contributed by atoms with van der Waals surface area (Å²) < 4.78 is 5.65. The van der Waals surface area contributed by atoms with Crippen molar-refractivity contribution >= 4 is 0 Å². The second-order valence-corrected chi connectivity index (χ2v) is 6.28. The Kier molecular flexibility index (Phi) is 12.0. The minimum Gasteiger partial charge on any atom is -0.373 e. The highest BCUT2D eigenvalue weighted by Crippen LogP contribution is 2.08. The molecule has 0 saturated heterocycles. The zero-order valence-electron chi connectivity index (χ0n) is 15.0. The molecule has 0 aliphatic heterocycles. The van der Waals surface area contributed by atoms with Crippen LogP contribution in [0.25, 0.3) is 0 Å². The Labute approximate surface area is 132 Å². The van der Waals surface area contributed by atoms with Gasteiger partial charge in [0.05, 0.1) is 13.2 Å². The van der Waals surface area contributed by atoms with Crippen LogP contribution in [0.15, 0.2) is 46.6 Å². The molecule has 1 nitrogen and oxygen atoms in total. The van der Waals surface area contributed by atoms with Gasteiger partial charge in [-0.05, 0) is 67.2 Å². The summed E-state index contributed by atoms with van der Waals surface area (Å²) in [5.41, 5.74) is 5.62. The number of hydrogen-bond acceptors (Lipinski definition) is 1. The van der Waals surface area contributed by atoms with Crippen LogP contribution in [0.5, 0.6) is 0 Å². The Morgan fingerprint density at radius 3 is 1.33 bits per heavy atom. The van der Waals surface area contributed by atoms with E-state index in [1.807, 2.05) is 0 Å². The van der Waals surface area contributed by atoms with E-state index < -0.39 is 0 Å². The molecule has 0 radical (unpaired) electrons. The van der Waals surface area contributed by atoms with E-state index in [9.17, 15) is 0 Å². The summed E-state index contributed by atoms with van der Waals surface area (Å²) in [5.74, 6) is 0. The van der Waals surface area contributed by atoms with Gasteiger partial charge in [0.25, 0.3) is 0 Å². The van der Waals surface area contributed by atoms with Gasteiger partial charge in [-0.2, -0.15) is 0 Å². The van der Waals surface area contributed by atoms with Crippen molar-refractivity contribution in [3.8, 4) is 0 Å². The summed E-state index contributed by atoms with van der Waals surface area (Å²) >= 11 is 0. The number of hydrogen-bond donors (Lipinski definition) is 0. The molecule has 0 heterocycles. The molecule has 0 aromatic heterocycles. The molecule has 0 fully saturated rings. The Balaban J connectivity index is 3.78. The van der Waals surface area contributed by atoms with Crippen LogP contribution < -0.4 is 0 Å². The summed E-state index contributed by atoms with van der Waals surface area (Å²) in [6.07, 6.45) is 13.5. The number of ether oxygens (including phenoxy) is 1. The number of rotatable bonds is 10. The normalized spacial score (nSPS) is 12.3. The fourth-order valence-electron chi connectivity index (χ4n) is 1.85. The van der Waals surface area contributed by atoms with E-state index in [1.54, 1.807) is 0 Å². The molecule has 1 heteroatoms. The van der Waals surface area contributed by atoms with Crippen LogP contribution in [0.2, 0.25) is 0 Å². The van der Waals surface area contributed by atoms with Crippen molar-refractivity contribution in [2.45, 2.75) is 67.2 Å². The predicted molar refractivity (Wildman–Crippen MR) is 95.7 cm³/mol. The highest BCUT2D eigenvalue weighted by molar-refractivity contribution is 5.03. The average molecular weight is 290 g/mol. The lowest BCUT2D eigenvalue weighted by atomic mass is 10.1. The maximum atomic E-state index is 5.65. The van der Waals surface area contributed by atoms with Gasteiger partial charge in [0, 0.05) is 0 Å². The van der Waals surface area contributed by atoms with Gasteiger partial charge in [-0.15, -0.1) is 0 Å². The molecule has 0 spiro atoms. The third-order valence-corrected chi connectivity index (χ3v) is 3.28. The van der Waals surface area contributed by atoms with Gasteiger partial charge >= 0.3 is 0 Å². The Bertz CT molecular complexity index is 348. The van der Waals surface area contributed by atoms with E-state index in [4.69, 9.17) is 4.74 Å². The minimum absolute atomic E-state index is 0.721. The zero-order valence-corrected chi connectivity index (χ0v) is 15.0. The van der Waals surface area contributed by atoms with Gasteiger partial charge in [-0.1, -0.05) is 46.6 Å². The largest absolute Gasteiger partial charge is 0.373 e. The van der Waals surface area contributed by atoms with Crippen LogP contribution in [0.4, 0.5) is 0 Å². The maximum Gasteiger partial charge on any atom is 0.0654 e. The summed E-state index contributed by atoms with van der Waals surface area (Å²) in [4.78, 5) is 0. The van der Waals surface area contributed by atoms with Crippen LogP contribution in [-0.2, 0) is 4.74 Å². The molecule has 0 bridgehead atoms. The lowest BCUT2D eigenvalue weighted by Gasteiger charge is -2.02. The molecule has 0 atom stereocenters. The van der Waals surface area contributed by atoms with Crippen molar-refractivity contribution in [2.24, 2.45) is 0 Å². The van der Waals surface area contributed by atoms with Gasteiger partial charge in [0.2, 0.25) is 0 Å². The van der Waals surface area contributed by atoms with E-state index >= 15 is 0 Å². The molecule has 0 saturated carbocycles. The predicted octanol–water partition coefficient (Wildman–Crippen LogP) is 6.39. The Morgan fingerprint density at radius 2 is 1.00 bits per heavy atom. The SMILES string of the molecule is CC(C)=CCCC(C)=CCOC/C=C(\C)CCC=C(C)C. The fourth-order valence-corrected chi connectivity index (χ4v) is 1.85. The third kappa shape index (κ3) is 15.1. The topological polar surface area (TPSA) is 9.23 Å². The number of allylic oxidation sites excluding steroid dienone is 6. The van der Waals surface area contributed by atoms with Crippen molar-refractivity contribution < 1.29 is 4.74 Å². The summed E-state index contributed by atoms with van der Waals surface area (Å²) in [7, 11) is 0. The second-order valence-electron chi connectivity index (χ2n) is 6.28. The molecule has 0 N–H and O–H groups in total. The van der Waals surface area contributed by atoms with Crippen molar-refractivity contribution in [3.05, 3.63) is 46.6 Å². The van der Waals surface area contributed by atoms with Gasteiger partial charge in [-0.3, -0.25) is 0 Å². The molecule has 0 aliphatic rings. The van der Waals surface area contributed by atoms with Crippen molar-refractivity contribution in [1.82, 2.24) is 0 Å². The minimum atomic E-state index is 0.721. The fraction of sp³-hybridized carbons (Fsp3) is 0.600. The molecule has 21 heavy (non-hydrogen) atoms. The average Bonchev–Trinajstić information content (AvgIpc) is 2.37. The zero-order chi connectivity index (χ0) is 16.1. The Morgan fingerprint density at radius 1 is 0.619 bits per heavy atom. The molecular formula is C20H34O. The molecule has 0 unspecified atom stereocenters. The standard InChI is InChI=1S/C20H34O/c1-17(2)9-7-11-19(5)13-15-21-16-14-20(6)12-8-10-18(3)4/h9-10,13-14H,7-8,11-12,15-16H2,1-6H3/b19-13+,20-14?. The van der Waals surface area contributed by atoms with E-state index in [0.29, 0.717) is 0 Å². The summed E-state index contributed by atoms with van der Waals surface area (Å²) in [6, 6.07) is 0. The summed E-state index contributed by atoms with van der Waals surface area (Å²) in [6.45, 7) is 14.4. The van der Waals surface area contributed by atoms with Crippen LogP contribution in [0.3, 0.4) is 0 Å². The van der Waals surface area contributed by atoms with Gasteiger partial charge in [0.1, 0.15) is 0 Å². The first-order chi connectivity index (χ1) is 9.91. The maximum absolute atomic E-state index is 5.65. The first kappa shape index (κ1) is 19.9. The van der Waals surface area contributed by atoms with Gasteiger partial charge in [0.15, 0.2) is 0 Å². The van der Waals surface area contributed by atoms with Crippen LogP contribution in [0, 0.1) is 0 Å². The van der Waals surface area contributed by atoms with E-state index in [1.165, 1.54) is 22.3 Å². The molecule has 120 valence electrons. The highest BCUT2D eigenvalue weighted by Gasteiger charge is 1.91. The van der Waals surface area contributed by atoms with Crippen molar-refractivity contribution in [2.75, 3.05) is 13.2 Å². The first-order valence-electron chi connectivity index (χ1n) is 8.07. The molecule has 0 aliphatic carbocycles. The first-order valence-corrected chi connectivity index (χ1v) is 8.07. The van der Waals surface area contributed by atoms with Gasteiger partial charge < -0.3 is 4.74 Å². The van der Waals surface area contributed by atoms with E-state index in [0.717, 1.165) is 38.9 Å². The second kappa shape index (κ2) is 12.6. The lowest BCUT2D eigenvalue weighted by Crippen LogP contribution is -1.93. The Hall–Kier alpha value is -1.08. The quantitative estimate of drug-likeness (QED) is 0.334. The monoisotopic (exact) mass is 290 g/mol.